The molecule has 0 aliphatic rings. The SMILES string of the molecule is Nc1ccc(C(=O)O)cc1.Nc1ccccc1C(=O)O. The zero-order valence-corrected chi connectivity index (χ0v) is 10.5. The van der Waals surface area contributed by atoms with Gasteiger partial charge in [0.2, 0.25) is 0 Å². The Hall–Kier alpha value is -3.02. The Balaban J connectivity index is 0.000000200. The van der Waals surface area contributed by atoms with E-state index in [1.807, 2.05) is 0 Å². The maximum absolute atomic E-state index is 10.3. The van der Waals surface area contributed by atoms with Crippen molar-refractivity contribution in [2.24, 2.45) is 0 Å². The van der Waals surface area contributed by atoms with Crippen LogP contribution in [0.25, 0.3) is 0 Å². The van der Waals surface area contributed by atoms with Crippen molar-refractivity contribution in [3.8, 4) is 0 Å². The van der Waals surface area contributed by atoms with Crippen LogP contribution in [0.2, 0.25) is 0 Å². The van der Waals surface area contributed by atoms with Gasteiger partial charge in [-0.3, -0.25) is 0 Å². The van der Waals surface area contributed by atoms with Crippen LogP contribution >= 0.6 is 0 Å². The Morgan fingerprint density at radius 2 is 1.35 bits per heavy atom. The van der Waals surface area contributed by atoms with Crippen molar-refractivity contribution in [3.63, 3.8) is 0 Å². The van der Waals surface area contributed by atoms with E-state index in [2.05, 4.69) is 0 Å². The average molecular weight is 274 g/mol. The highest BCUT2D eigenvalue weighted by molar-refractivity contribution is 5.93. The van der Waals surface area contributed by atoms with Gasteiger partial charge >= 0.3 is 11.9 Å². The van der Waals surface area contributed by atoms with Gasteiger partial charge in [0.25, 0.3) is 0 Å². The van der Waals surface area contributed by atoms with Crippen LogP contribution < -0.4 is 11.5 Å². The molecule has 0 saturated heterocycles. The topological polar surface area (TPSA) is 127 Å². The number of aromatic carboxylic acids is 2. The molecule has 0 fully saturated rings. The lowest BCUT2D eigenvalue weighted by atomic mass is 10.2. The van der Waals surface area contributed by atoms with Gasteiger partial charge in [0.05, 0.1) is 11.1 Å². The van der Waals surface area contributed by atoms with Crippen LogP contribution in [0.4, 0.5) is 11.4 Å². The number of carboxylic acid groups (broad SMARTS) is 2. The lowest BCUT2D eigenvalue weighted by molar-refractivity contribution is 0.0686. The molecule has 0 unspecified atom stereocenters. The Bertz CT molecular complexity index is 609. The molecule has 2 aromatic rings. The number of anilines is 2. The van der Waals surface area contributed by atoms with Crippen LogP contribution in [-0.4, -0.2) is 22.2 Å². The second kappa shape index (κ2) is 6.79. The zero-order chi connectivity index (χ0) is 15.1. The molecule has 104 valence electrons. The number of carbonyl (C=O) groups is 2. The smallest absolute Gasteiger partial charge is 0.337 e. The minimum Gasteiger partial charge on any atom is -0.478 e. The largest absolute Gasteiger partial charge is 0.478 e. The third-order valence-corrected chi connectivity index (χ3v) is 2.35. The Kier molecular flexibility index (Phi) is 5.11. The molecule has 0 atom stereocenters. The molecule has 0 amide bonds. The summed E-state index contributed by atoms with van der Waals surface area (Å²) in [6.07, 6.45) is 0. The number of nitrogens with two attached hydrogens (primary N) is 2. The van der Waals surface area contributed by atoms with Gasteiger partial charge in [-0.25, -0.2) is 9.59 Å². The third kappa shape index (κ3) is 4.34. The van der Waals surface area contributed by atoms with Crippen molar-refractivity contribution in [3.05, 3.63) is 59.7 Å². The molecule has 0 heterocycles. The molecule has 20 heavy (non-hydrogen) atoms. The molecule has 0 bridgehead atoms. The first-order valence-corrected chi connectivity index (χ1v) is 5.58. The number of rotatable bonds is 2. The van der Waals surface area contributed by atoms with Gasteiger partial charge in [-0.05, 0) is 36.4 Å². The number of hydrogen-bond acceptors (Lipinski definition) is 4. The second-order valence-corrected chi connectivity index (χ2v) is 3.82. The van der Waals surface area contributed by atoms with Crippen LogP contribution in [0.5, 0.6) is 0 Å². The van der Waals surface area contributed by atoms with Crippen molar-refractivity contribution in [2.45, 2.75) is 0 Å². The van der Waals surface area contributed by atoms with Crippen LogP contribution in [0.3, 0.4) is 0 Å². The van der Waals surface area contributed by atoms with Gasteiger partial charge in [-0.1, -0.05) is 12.1 Å². The number of carboxylic acids is 2. The number of para-hydroxylation sites is 1. The minimum atomic E-state index is -0.988. The normalized spacial score (nSPS) is 9.20. The summed E-state index contributed by atoms with van der Waals surface area (Å²) in [6.45, 7) is 0. The predicted molar refractivity (Wildman–Crippen MR) is 75.6 cm³/mol. The molecular formula is C14H14N2O4. The molecule has 0 aromatic heterocycles. The zero-order valence-electron chi connectivity index (χ0n) is 10.5. The van der Waals surface area contributed by atoms with E-state index in [0.717, 1.165) is 0 Å². The first kappa shape index (κ1) is 15.0. The fourth-order valence-corrected chi connectivity index (χ4v) is 1.32. The number of benzene rings is 2. The van der Waals surface area contributed by atoms with E-state index in [-0.39, 0.29) is 11.1 Å². The van der Waals surface area contributed by atoms with Gasteiger partial charge in [-0.15, -0.1) is 0 Å². The summed E-state index contributed by atoms with van der Waals surface area (Å²) in [5.74, 6) is -1.92. The van der Waals surface area contributed by atoms with Gasteiger partial charge in [0, 0.05) is 11.4 Å². The number of nitrogen functional groups attached to an aromatic ring is 2. The molecule has 0 radical (unpaired) electrons. The number of hydrogen-bond donors (Lipinski definition) is 4. The summed E-state index contributed by atoms with van der Waals surface area (Å²) in [5, 5.41) is 16.9. The molecule has 0 aliphatic heterocycles. The Morgan fingerprint density at radius 3 is 1.75 bits per heavy atom. The van der Waals surface area contributed by atoms with Gasteiger partial charge in [0.1, 0.15) is 0 Å². The fourth-order valence-electron chi connectivity index (χ4n) is 1.32. The summed E-state index contributed by atoms with van der Waals surface area (Å²) < 4.78 is 0. The molecule has 2 aromatic carbocycles. The molecule has 2 rings (SSSR count). The predicted octanol–water partition coefficient (Wildman–Crippen LogP) is 1.93. The van der Waals surface area contributed by atoms with Crippen molar-refractivity contribution in [2.75, 3.05) is 11.5 Å². The molecule has 6 heteroatoms. The average Bonchev–Trinajstić information content (AvgIpc) is 2.40. The fraction of sp³-hybridized carbons (Fsp3) is 0. The highest BCUT2D eigenvalue weighted by Gasteiger charge is 2.03. The van der Waals surface area contributed by atoms with E-state index in [9.17, 15) is 9.59 Å². The second-order valence-electron chi connectivity index (χ2n) is 3.82. The van der Waals surface area contributed by atoms with E-state index < -0.39 is 11.9 Å². The van der Waals surface area contributed by atoms with Crippen molar-refractivity contribution in [1.82, 2.24) is 0 Å². The maximum atomic E-state index is 10.3. The standard InChI is InChI=1S/2C7H7NO2/c8-6-3-1-5(2-4-6)7(9)10;8-6-4-2-1-3-5(6)7(9)10/h2*1-4H,8H2,(H,9,10). The highest BCUT2D eigenvalue weighted by atomic mass is 16.4. The van der Waals surface area contributed by atoms with E-state index in [1.165, 1.54) is 18.2 Å². The first-order valence-electron chi connectivity index (χ1n) is 5.58. The highest BCUT2D eigenvalue weighted by Crippen LogP contribution is 2.09. The van der Waals surface area contributed by atoms with Crippen LogP contribution in [0.15, 0.2) is 48.5 Å². The van der Waals surface area contributed by atoms with Gasteiger partial charge < -0.3 is 21.7 Å². The minimum absolute atomic E-state index is 0.155. The Labute approximate surface area is 115 Å². The van der Waals surface area contributed by atoms with Crippen LogP contribution in [0.1, 0.15) is 20.7 Å². The lowest BCUT2D eigenvalue weighted by Crippen LogP contribution is -2.00. The summed E-state index contributed by atoms with van der Waals surface area (Å²) in [7, 11) is 0. The summed E-state index contributed by atoms with van der Waals surface area (Å²) >= 11 is 0. The van der Waals surface area contributed by atoms with Crippen LogP contribution in [0, 0.1) is 0 Å². The molecule has 0 spiro atoms. The summed E-state index contributed by atoms with van der Waals surface area (Å²) in [5.41, 5.74) is 12.0. The van der Waals surface area contributed by atoms with E-state index in [4.69, 9.17) is 21.7 Å². The molecule has 0 saturated carbocycles. The molecule has 6 N–H and O–H groups in total. The molecule has 6 nitrogen and oxygen atoms in total. The third-order valence-electron chi connectivity index (χ3n) is 2.35. The van der Waals surface area contributed by atoms with Crippen molar-refractivity contribution < 1.29 is 19.8 Å². The lowest BCUT2D eigenvalue weighted by Gasteiger charge is -1.96. The van der Waals surface area contributed by atoms with Gasteiger partial charge in [-0.2, -0.15) is 0 Å². The van der Waals surface area contributed by atoms with E-state index in [1.54, 1.807) is 30.3 Å². The Morgan fingerprint density at radius 1 is 0.800 bits per heavy atom. The van der Waals surface area contributed by atoms with Crippen molar-refractivity contribution in [1.29, 1.82) is 0 Å². The molecule has 0 aliphatic carbocycles. The monoisotopic (exact) mass is 274 g/mol. The van der Waals surface area contributed by atoms with Gasteiger partial charge in [0.15, 0.2) is 0 Å². The van der Waals surface area contributed by atoms with Crippen LogP contribution in [-0.2, 0) is 0 Å². The molecular weight excluding hydrogens is 260 g/mol. The first-order chi connectivity index (χ1) is 9.41. The summed E-state index contributed by atoms with van der Waals surface area (Å²) in [4.78, 5) is 20.6. The summed E-state index contributed by atoms with van der Waals surface area (Å²) in [6, 6.07) is 12.4. The van der Waals surface area contributed by atoms with E-state index >= 15 is 0 Å². The quantitative estimate of drug-likeness (QED) is 0.620. The maximum Gasteiger partial charge on any atom is 0.337 e. The van der Waals surface area contributed by atoms with Crippen molar-refractivity contribution >= 4 is 23.3 Å². The van der Waals surface area contributed by atoms with E-state index in [0.29, 0.717) is 11.4 Å².